The zero-order chi connectivity index (χ0) is 14.6. The summed E-state index contributed by atoms with van der Waals surface area (Å²) >= 11 is 3.64. The Morgan fingerprint density at radius 1 is 1.42 bits per heavy atom. The highest BCUT2D eigenvalue weighted by molar-refractivity contribution is 7.98. The minimum Gasteiger partial charge on any atom is -0.348 e. The molecule has 1 heterocycles. The highest BCUT2D eigenvalue weighted by atomic mass is 32.2. The molecule has 1 unspecified atom stereocenters. The van der Waals surface area contributed by atoms with Gasteiger partial charge in [-0.2, -0.15) is 11.8 Å². The van der Waals surface area contributed by atoms with Crippen LogP contribution in [0.1, 0.15) is 44.7 Å². The molecule has 5 heteroatoms. The van der Waals surface area contributed by atoms with Gasteiger partial charge >= 0.3 is 0 Å². The molecule has 0 aromatic carbocycles. The SMILES string of the molecule is CSCCC(C)N(C)c1nc(C(C)(C)C)c(CN)s1. The zero-order valence-electron chi connectivity index (χ0n) is 13.0. The van der Waals surface area contributed by atoms with E-state index in [0.717, 1.165) is 10.8 Å². The predicted molar refractivity (Wildman–Crippen MR) is 89.6 cm³/mol. The third-order valence-corrected chi connectivity index (χ3v) is 5.10. The average molecular weight is 302 g/mol. The van der Waals surface area contributed by atoms with Gasteiger partial charge in [-0.1, -0.05) is 20.8 Å². The molecule has 2 N–H and O–H groups in total. The van der Waals surface area contributed by atoms with Crippen LogP contribution in [-0.4, -0.2) is 30.1 Å². The Labute approximate surface area is 126 Å². The molecule has 0 saturated heterocycles. The number of thiazole rings is 1. The van der Waals surface area contributed by atoms with Crippen LogP contribution >= 0.6 is 23.1 Å². The molecule has 0 saturated carbocycles. The highest BCUT2D eigenvalue weighted by Gasteiger charge is 2.24. The van der Waals surface area contributed by atoms with E-state index in [2.05, 4.69) is 45.9 Å². The second kappa shape index (κ2) is 6.95. The van der Waals surface area contributed by atoms with Crippen LogP contribution in [0, 0.1) is 0 Å². The maximum Gasteiger partial charge on any atom is 0.185 e. The Morgan fingerprint density at radius 2 is 2.05 bits per heavy atom. The number of hydrogen-bond donors (Lipinski definition) is 1. The zero-order valence-corrected chi connectivity index (χ0v) is 14.6. The van der Waals surface area contributed by atoms with Crippen molar-refractivity contribution in [2.45, 2.75) is 52.1 Å². The van der Waals surface area contributed by atoms with Crippen LogP contribution in [0.5, 0.6) is 0 Å². The van der Waals surface area contributed by atoms with E-state index in [9.17, 15) is 0 Å². The van der Waals surface area contributed by atoms with E-state index in [4.69, 9.17) is 10.7 Å². The second-order valence-electron chi connectivity index (χ2n) is 5.96. The Hall–Kier alpha value is -0.260. The van der Waals surface area contributed by atoms with Gasteiger partial charge in [-0.05, 0) is 25.4 Å². The van der Waals surface area contributed by atoms with Gasteiger partial charge in [-0.25, -0.2) is 4.98 Å². The molecule has 0 amide bonds. The van der Waals surface area contributed by atoms with E-state index in [0.29, 0.717) is 12.6 Å². The summed E-state index contributed by atoms with van der Waals surface area (Å²) in [5.41, 5.74) is 7.08. The number of anilines is 1. The molecule has 0 spiro atoms. The van der Waals surface area contributed by atoms with Crippen molar-refractivity contribution in [3.05, 3.63) is 10.6 Å². The number of aromatic nitrogens is 1. The Balaban J connectivity index is 2.92. The molecule has 1 rings (SSSR count). The smallest absolute Gasteiger partial charge is 0.185 e. The first-order valence-corrected chi connectivity index (χ1v) is 8.94. The average Bonchev–Trinajstić information content (AvgIpc) is 2.78. The quantitative estimate of drug-likeness (QED) is 0.873. The Bertz CT molecular complexity index is 396. The summed E-state index contributed by atoms with van der Waals surface area (Å²) in [6, 6.07) is 0.511. The minimum absolute atomic E-state index is 0.0623. The molecule has 0 aliphatic carbocycles. The summed E-state index contributed by atoms with van der Waals surface area (Å²) in [5, 5.41) is 1.10. The first kappa shape index (κ1) is 16.8. The summed E-state index contributed by atoms with van der Waals surface area (Å²) in [7, 11) is 2.14. The van der Waals surface area contributed by atoms with E-state index in [-0.39, 0.29) is 5.41 Å². The Morgan fingerprint density at radius 3 is 2.47 bits per heavy atom. The van der Waals surface area contributed by atoms with E-state index < -0.39 is 0 Å². The van der Waals surface area contributed by atoms with Gasteiger partial charge in [-0.3, -0.25) is 0 Å². The lowest BCUT2D eigenvalue weighted by Crippen LogP contribution is -2.29. The largest absolute Gasteiger partial charge is 0.348 e. The molecule has 0 radical (unpaired) electrons. The second-order valence-corrected chi connectivity index (χ2v) is 8.01. The van der Waals surface area contributed by atoms with E-state index >= 15 is 0 Å². The topological polar surface area (TPSA) is 42.2 Å². The van der Waals surface area contributed by atoms with E-state index in [1.54, 1.807) is 11.3 Å². The van der Waals surface area contributed by atoms with Gasteiger partial charge in [0.2, 0.25) is 0 Å². The summed E-state index contributed by atoms with van der Waals surface area (Å²) < 4.78 is 0. The predicted octanol–water partition coefficient (Wildman–Crippen LogP) is 3.48. The molecule has 1 aromatic rings. The summed E-state index contributed by atoms with van der Waals surface area (Å²) in [6.07, 6.45) is 3.33. The van der Waals surface area contributed by atoms with Gasteiger partial charge in [-0.15, -0.1) is 11.3 Å². The molecule has 1 atom stereocenters. The maximum absolute atomic E-state index is 5.87. The van der Waals surface area contributed by atoms with Gasteiger partial charge in [0.15, 0.2) is 5.13 Å². The van der Waals surface area contributed by atoms with Crippen LogP contribution in [0.15, 0.2) is 0 Å². The number of hydrogen-bond acceptors (Lipinski definition) is 5. The third kappa shape index (κ3) is 4.36. The lowest BCUT2D eigenvalue weighted by atomic mass is 9.91. The van der Waals surface area contributed by atoms with Crippen LogP contribution in [0.2, 0.25) is 0 Å². The van der Waals surface area contributed by atoms with Crippen molar-refractivity contribution >= 4 is 28.2 Å². The number of thioether (sulfide) groups is 1. The monoisotopic (exact) mass is 301 g/mol. The van der Waals surface area contributed by atoms with Crippen molar-refractivity contribution in [2.24, 2.45) is 5.73 Å². The number of nitrogens with zero attached hydrogens (tertiary/aromatic N) is 2. The number of nitrogens with two attached hydrogens (primary N) is 1. The van der Waals surface area contributed by atoms with Crippen LogP contribution in [0.25, 0.3) is 0 Å². The van der Waals surface area contributed by atoms with Crippen molar-refractivity contribution < 1.29 is 0 Å². The summed E-state index contributed by atoms with van der Waals surface area (Å²) in [5.74, 6) is 1.19. The van der Waals surface area contributed by atoms with E-state index in [1.807, 2.05) is 11.8 Å². The van der Waals surface area contributed by atoms with Gasteiger partial charge in [0.1, 0.15) is 0 Å². The van der Waals surface area contributed by atoms with Crippen molar-refractivity contribution in [3.8, 4) is 0 Å². The van der Waals surface area contributed by atoms with Crippen LogP contribution in [0.4, 0.5) is 5.13 Å². The molecular weight excluding hydrogens is 274 g/mol. The highest BCUT2D eigenvalue weighted by Crippen LogP contribution is 2.34. The molecule has 19 heavy (non-hydrogen) atoms. The lowest BCUT2D eigenvalue weighted by molar-refractivity contribution is 0.564. The van der Waals surface area contributed by atoms with E-state index in [1.165, 1.54) is 17.1 Å². The van der Waals surface area contributed by atoms with Gasteiger partial charge < -0.3 is 10.6 Å². The molecule has 1 aromatic heterocycles. The van der Waals surface area contributed by atoms with Gasteiger partial charge in [0.25, 0.3) is 0 Å². The van der Waals surface area contributed by atoms with Gasteiger partial charge in [0.05, 0.1) is 5.69 Å². The fourth-order valence-corrected chi connectivity index (χ4v) is 3.68. The Kier molecular flexibility index (Phi) is 6.15. The minimum atomic E-state index is 0.0623. The van der Waals surface area contributed by atoms with Crippen LogP contribution in [-0.2, 0) is 12.0 Å². The third-order valence-electron chi connectivity index (χ3n) is 3.28. The lowest BCUT2D eigenvalue weighted by Gasteiger charge is -2.24. The van der Waals surface area contributed by atoms with Gasteiger partial charge in [0, 0.05) is 29.9 Å². The first-order valence-electron chi connectivity index (χ1n) is 6.73. The number of rotatable bonds is 6. The summed E-state index contributed by atoms with van der Waals surface area (Å²) in [6.45, 7) is 9.43. The van der Waals surface area contributed by atoms with Crippen LogP contribution < -0.4 is 10.6 Å². The molecule has 3 nitrogen and oxygen atoms in total. The first-order chi connectivity index (χ1) is 8.81. The summed E-state index contributed by atoms with van der Waals surface area (Å²) in [4.78, 5) is 8.34. The van der Waals surface area contributed by atoms with Crippen molar-refractivity contribution in [1.29, 1.82) is 0 Å². The van der Waals surface area contributed by atoms with Crippen molar-refractivity contribution in [1.82, 2.24) is 4.98 Å². The fourth-order valence-electron chi connectivity index (χ4n) is 1.89. The maximum atomic E-state index is 5.87. The molecule has 110 valence electrons. The molecule has 0 aliphatic heterocycles. The fraction of sp³-hybridized carbons (Fsp3) is 0.786. The molecule has 0 aliphatic rings. The molecule has 0 fully saturated rings. The van der Waals surface area contributed by atoms with Crippen molar-refractivity contribution in [2.75, 3.05) is 24.0 Å². The molecular formula is C14H27N3S2. The van der Waals surface area contributed by atoms with Crippen LogP contribution in [0.3, 0.4) is 0 Å². The standard InChI is InChI=1S/C14H27N3S2/c1-10(7-8-18-6)17(5)13-16-12(14(2,3)4)11(9-15)19-13/h10H,7-9,15H2,1-6H3. The molecule has 0 bridgehead atoms. The van der Waals surface area contributed by atoms with Crippen molar-refractivity contribution in [3.63, 3.8) is 0 Å². The normalized spacial score (nSPS) is 13.6.